The monoisotopic (exact) mass is 370 g/mol. The zero-order valence-corrected chi connectivity index (χ0v) is 15.0. The fourth-order valence-corrected chi connectivity index (χ4v) is 2.24. The Labute approximate surface area is 157 Å². The van der Waals surface area contributed by atoms with Crippen molar-refractivity contribution in [1.29, 1.82) is 0 Å². The first kappa shape index (κ1) is 20.1. The third-order valence-electron chi connectivity index (χ3n) is 3.73. The van der Waals surface area contributed by atoms with Crippen LogP contribution in [0.25, 0.3) is 0 Å². The van der Waals surface area contributed by atoms with Crippen LogP contribution >= 0.6 is 0 Å². The van der Waals surface area contributed by atoms with Crippen LogP contribution < -0.4 is 10.6 Å². The molecule has 0 saturated heterocycles. The van der Waals surface area contributed by atoms with Gasteiger partial charge in [0, 0.05) is 5.69 Å². The van der Waals surface area contributed by atoms with Crippen LogP contribution in [0.5, 0.6) is 0 Å². The van der Waals surface area contributed by atoms with E-state index in [1.807, 2.05) is 30.3 Å². The molecule has 0 aromatic heterocycles. The number of amides is 2. The topological polar surface area (TPSA) is 105 Å². The Morgan fingerprint density at radius 2 is 1.67 bits per heavy atom. The largest absolute Gasteiger partial charge is 0.480 e. The second-order valence-electron chi connectivity index (χ2n) is 5.97. The number of ether oxygens (including phenoxy) is 1. The molecule has 0 aliphatic carbocycles. The smallest absolute Gasteiger partial charge is 0.322 e. The zero-order valence-electron chi connectivity index (χ0n) is 15.0. The number of carboxylic acids is 1. The van der Waals surface area contributed by atoms with Crippen molar-refractivity contribution in [3.63, 3.8) is 0 Å². The van der Waals surface area contributed by atoms with E-state index in [2.05, 4.69) is 10.6 Å². The average Bonchev–Trinajstić information content (AvgIpc) is 2.66. The van der Waals surface area contributed by atoms with E-state index in [0.29, 0.717) is 17.9 Å². The lowest BCUT2D eigenvalue weighted by molar-refractivity contribution is -0.137. The molecule has 0 bridgehead atoms. The molecule has 7 heteroatoms. The maximum Gasteiger partial charge on any atom is 0.322 e. The van der Waals surface area contributed by atoms with Crippen LogP contribution in [0.15, 0.2) is 54.6 Å². The SMILES string of the molecule is CC(OCc1ccccc1)C(=O)Nc1ccc(CC(=O)NCC(=O)O)cc1. The summed E-state index contributed by atoms with van der Waals surface area (Å²) in [6.07, 6.45) is -0.551. The fourth-order valence-electron chi connectivity index (χ4n) is 2.24. The second kappa shape index (κ2) is 10.1. The molecule has 0 saturated carbocycles. The van der Waals surface area contributed by atoms with Gasteiger partial charge in [0.1, 0.15) is 12.6 Å². The van der Waals surface area contributed by atoms with Crippen LogP contribution in [0.1, 0.15) is 18.1 Å². The van der Waals surface area contributed by atoms with Gasteiger partial charge in [-0.1, -0.05) is 42.5 Å². The summed E-state index contributed by atoms with van der Waals surface area (Å²) in [4.78, 5) is 34.2. The van der Waals surface area contributed by atoms with Crippen LogP contribution in [-0.2, 0) is 32.1 Å². The highest BCUT2D eigenvalue weighted by molar-refractivity contribution is 5.94. The molecule has 3 N–H and O–H groups in total. The van der Waals surface area contributed by atoms with E-state index in [4.69, 9.17) is 9.84 Å². The van der Waals surface area contributed by atoms with E-state index in [1.54, 1.807) is 31.2 Å². The summed E-state index contributed by atoms with van der Waals surface area (Å²) < 4.78 is 5.57. The van der Waals surface area contributed by atoms with Crippen molar-refractivity contribution in [1.82, 2.24) is 5.32 Å². The number of carboxylic acid groups (broad SMARTS) is 1. The molecule has 0 aliphatic rings. The molecule has 0 heterocycles. The molecule has 0 fully saturated rings. The molecule has 27 heavy (non-hydrogen) atoms. The van der Waals surface area contributed by atoms with E-state index in [-0.39, 0.29) is 18.2 Å². The Hall–Kier alpha value is -3.19. The number of nitrogens with one attached hydrogen (secondary N) is 2. The first-order valence-corrected chi connectivity index (χ1v) is 8.48. The number of anilines is 1. The maximum absolute atomic E-state index is 12.2. The maximum atomic E-state index is 12.2. The summed E-state index contributed by atoms with van der Waals surface area (Å²) in [6, 6.07) is 16.4. The summed E-state index contributed by atoms with van der Waals surface area (Å²) in [5.41, 5.74) is 2.29. The van der Waals surface area contributed by atoms with Crippen LogP contribution in [0.4, 0.5) is 5.69 Å². The minimum absolute atomic E-state index is 0.0676. The highest BCUT2D eigenvalue weighted by Gasteiger charge is 2.14. The molecule has 2 amide bonds. The first-order chi connectivity index (χ1) is 12.9. The number of hydrogen-bond acceptors (Lipinski definition) is 4. The van der Waals surface area contributed by atoms with Crippen molar-refractivity contribution in [2.24, 2.45) is 0 Å². The molecule has 142 valence electrons. The van der Waals surface area contributed by atoms with Gasteiger partial charge in [0.2, 0.25) is 5.91 Å². The van der Waals surface area contributed by atoms with E-state index in [9.17, 15) is 14.4 Å². The molecule has 7 nitrogen and oxygen atoms in total. The van der Waals surface area contributed by atoms with E-state index in [1.165, 1.54) is 0 Å². The van der Waals surface area contributed by atoms with Gasteiger partial charge < -0.3 is 20.5 Å². The van der Waals surface area contributed by atoms with Gasteiger partial charge >= 0.3 is 5.97 Å². The van der Waals surface area contributed by atoms with Gasteiger partial charge in [-0.2, -0.15) is 0 Å². The number of carbonyl (C=O) groups excluding carboxylic acids is 2. The summed E-state index contributed by atoms with van der Waals surface area (Å²) in [6.45, 7) is 1.62. The van der Waals surface area contributed by atoms with Crippen molar-refractivity contribution in [3.05, 3.63) is 65.7 Å². The molecule has 1 atom stereocenters. The number of rotatable bonds is 9. The third-order valence-corrected chi connectivity index (χ3v) is 3.73. The fraction of sp³-hybridized carbons (Fsp3) is 0.250. The van der Waals surface area contributed by atoms with Gasteiger partial charge in [-0.05, 0) is 30.2 Å². The molecule has 2 aromatic carbocycles. The number of hydrogen-bond donors (Lipinski definition) is 3. The molecule has 0 radical (unpaired) electrons. The Balaban J connectivity index is 1.79. The van der Waals surface area contributed by atoms with E-state index in [0.717, 1.165) is 5.56 Å². The zero-order chi connectivity index (χ0) is 19.6. The molecule has 1 unspecified atom stereocenters. The van der Waals surface area contributed by atoms with Crippen LogP contribution in [0.3, 0.4) is 0 Å². The van der Waals surface area contributed by atoms with Crippen molar-refractivity contribution < 1.29 is 24.2 Å². The van der Waals surface area contributed by atoms with Crippen molar-refractivity contribution in [2.45, 2.75) is 26.1 Å². The predicted octanol–water partition coefficient (Wildman–Crippen LogP) is 1.97. The molecule has 0 spiro atoms. The third kappa shape index (κ3) is 7.29. The van der Waals surface area contributed by atoms with Gasteiger partial charge in [-0.25, -0.2) is 0 Å². The van der Waals surface area contributed by atoms with Crippen LogP contribution in [-0.4, -0.2) is 35.5 Å². The van der Waals surface area contributed by atoms with Gasteiger partial charge in [-0.15, -0.1) is 0 Å². The van der Waals surface area contributed by atoms with Gasteiger partial charge in [-0.3, -0.25) is 14.4 Å². The molecular formula is C20H22N2O5. The Morgan fingerprint density at radius 3 is 2.30 bits per heavy atom. The minimum atomic E-state index is -1.09. The Kier molecular flexibility index (Phi) is 7.51. The second-order valence-corrected chi connectivity index (χ2v) is 5.97. The predicted molar refractivity (Wildman–Crippen MR) is 100 cm³/mol. The Morgan fingerprint density at radius 1 is 1.00 bits per heavy atom. The van der Waals surface area contributed by atoms with Crippen LogP contribution in [0.2, 0.25) is 0 Å². The minimum Gasteiger partial charge on any atom is -0.480 e. The highest BCUT2D eigenvalue weighted by atomic mass is 16.5. The Bertz CT molecular complexity index is 775. The number of carbonyl (C=O) groups is 3. The number of benzene rings is 2. The normalized spacial score (nSPS) is 11.4. The van der Waals surface area contributed by atoms with E-state index < -0.39 is 18.6 Å². The molecular weight excluding hydrogens is 348 g/mol. The van der Waals surface area contributed by atoms with Crippen molar-refractivity contribution >= 4 is 23.5 Å². The summed E-state index contributed by atoms with van der Waals surface area (Å²) in [5, 5.41) is 13.6. The lowest BCUT2D eigenvalue weighted by atomic mass is 10.1. The molecule has 2 rings (SSSR count). The van der Waals surface area contributed by atoms with Gasteiger partial charge in [0.15, 0.2) is 0 Å². The van der Waals surface area contributed by atoms with Gasteiger partial charge in [0.05, 0.1) is 13.0 Å². The van der Waals surface area contributed by atoms with Crippen LogP contribution in [0, 0.1) is 0 Å². The van der Waals surface area contributed by atoms with Gasteiger partial charge in [0.25, 0.3) is 5.91 Å². The summed E-state index contributed by atoms with van der Waals surface area (Å²) in [7, 11) is 0. The lowest BCUT2D eigenvalue weighted by Crippen LogP contribution is -2.30. The lowest BCUT2D eigenvalue weighted by Gasteiger charge is -2.14. The summed E-state index contributed by atoms with van der Waals surface area (Å²) >= 11 is 0. The van der Waals surface area contributed by atoms with Crippen molar-refractivity contribution in [3.8, 4) is 0 Å². The van der Waals surface area contributed by atoms with Crippen molar-refractivity contribution in [2.75, 3.05) is 11.9 Å². The van der Waals surface area contributed by atoms with E-state index >= 15 is 0 Å². The number of aliphatic carboxylic acids is 1. The standard InChI is InChI=1S/C20H22N2O5/c1-14(27-13-16-5-3-2-4-6-16)20(26)22-17-9-7-15(8-10-17)11-18(23)21-12-19(24)25/h2-10,14H,11-13H2,1H3,(H,21,23)(H,22,26)(H,24,25). The quantitative estimate of drug-likeness (QED) is 0.626. The first-order valence-electron chi connectivity index (χ1n) is 8.48. The highest BCUT2D eigenvalue weighted by Crippen LogP contribution is 2.12. The molecule has 0 aliphatic heterocycles. The average molecular weight is 370 g/mol. The summed E-state index contributed by atoms with van der Waals surface area (Å²) in [5.74, 6) is -1.74. The molecule has 2 aromatic rings.